The summed E-state index contributed by atoms with van der Waals surface area (Å²) in [6, 6.07) is 14.6. The first-order valence-corrected chi connectivity index (χ1v) is 7.14. The number of hydrogen-bond acceptors (Lipinski definition) is 6. The summed E-state index contributed by atoms with van der Waals surface area (Å²) in [5, 5.41) is 17.3. The van der Waals surface area contributed by atoms with Crippen LogP contribution in [-0.2, 0) is 0 Å². The molecule has 7 heteroatoms. The third-order valence-electron chi connectivity index (χ3n) is 3.39. The van der Waals surface area contributed by atoms with Crippen molar-refractivity contribution in [1.29, 1.82) is 5.26 Å². The van der Waals surface area contributed by atoms with Gasteiger partial charge in [-0.05, 0) is 36.4 Å². The summed E-state index contributed by atoms with van der Waals surface area (Å²) in [5.74, 6) is 0.507. The van der Waals surface area contributed by atoms with Gasteiger partial charge in [0, 0.05) is 18.0 Å². The fraction of sp³-hybridized carbons (Fsp3) is 0. The van der Waals surface area contributed by atoms with Gasteiger partial charge in [-0.1, -0.05) is 6.07 Å². The van der Waals surface area contributed by atoms with E-state index in [1.165, 1.54) is 4.63 Å². The first kappa shape index (κ1) is 13.8. The van der Waals surface area contributed by atoms with Gasteiger partial charge in [-0.2, -0.15) is 25.1 Å². The van der Waals surface area contributed by atoms with Crippen LogP contribution in [0, 0.1) is 11.3 Å². The van der Waals surface area contributed by atoms with Crippen LogP contribution in [0.4, 0.5) is 0 Å². The lowest BCUT2D eigenvalue weighted by atomic mass is 10.2. The molecule has 0 saturated carbocycles. The maximum absolute atomic E-state index is 8.95. The van der Waals surface area contributed by atoms with Crippen molar-refractivity contribution in [3.05, 3.63) is 66.6 Å². The van der Waals surface area contributed by atoms with Gasteiger partial charge in [0.15, 0.2) is 0 Å². The molecule has 0 saturated heterocycles. The van der Waals surface area contributed by atoms with Crippen LogP contribution >= 0.6 is 0 Å². The van der Waals surface area contributed by atoms with Crippen molar-refractivity contribution in [2.24, 2.45) is 0 Å². The Morgan fingerprint density at radius 3 is 2.92 bits per heavy atom. The molecule has 3 heterocycles. The summed E-state index contributed by atoms with van der Waals surface area (Å²) in [7, 11) is 0. The smallest absolute Gasteiger partial charge is 0.322 e. The number of benzene rings is 1. The zero-order chi connectivity index (χ0) is 16.4. The highest BCUT2D eigenvalue weighted by Gasteiger charge is 2.10. The molecule has 0 unspecified atom stereocenters. The summed E-state index contributed by atoms with van der Waals surface area (Å²) in [6.07, 6.45) is 4.98. The van der Waals surface area contributed by atoms with Crippen molar-refractivity contribution < 1.29 is 4.74 Å². The molecule has 3 aromatic heterocycles. The lowest BCUT2D eigenvalue weighted by Crippen LogP contribution is -1.94. The van der Waals surface area contributed by atoms with Crippen LogP contribution in [0.5, 0.6) is 11.8 Å². The Morgan fingerprint density at radius 2 is 2.00 bits per heavy atom. The standard InChI is InChI=1S/C17H10N6O/c18-10-12-3-1-4-13(9-12)24-17-19-8-6-15(22-17)14-11-21-23-16(14)5-2-7-20-23/h1-9,11H. The van der Waals surface area contributed by atoms with Gasteiger partial charge in [0.2, 0.25) is 0 Å². The van der Waals surface area contributed by atoms with E-state index in [2.05, 4.69) is 26.2 Å². The van der Waals surface area contributed by atoms with Gasteiger partial charge in [-0.15, -0.1) is 0 Å². The lowest BCUT2D eigenvalue weighted by Gasteiger charge is -2.05. The highest BCUT2D eigenvalue weighted by Crippen LogP contribution is 2.25. The quantitative estimate of drug-likeness (QED) is 0.577. The molecule has 0 aliphatic carbocycles. The second kappa shape index (κ2) is 5.78. The Labute approximate surface area is 136 Å². The predicted octanol–water partition coefficient (Wildman–Crippen LogP) is 2.85. The van der Waals surface area contributed by atoms with Crippen LogP contribution in [0.3, 0.4) is 0 Å². The largest absolute Gasteiger partial charge is 0.424 e. The highest BCUT2D eigenvalue weighted by atomic mass is 16.5. The summed E-state index contributed by atoms with van der Waals surface area (Å²) in [5.41, 5.74) is 2.87. The molecule has 0 radical (unpaired) electrons. The average Bonchev–Trinajstić information content (AvgIpc) is 3.06. The molecular formula is C17H10N6O. The maximum atomic E-state index is 8.95. The zero-order valence-electron chi connectivity index (χ0n) is 12.4. The molecule has 7 nitrogen and oxygen atoms in total. The molecule has 4 aromatic rings. The molecule has 0 atom stereocenters. The fourth-order valence-electron chi connectivity index (χ4n) is 2.30. The van der Waals surface area contributed by atoms with Gasteiger partial charge in [-0.25, -0.2) is 4.98 Å². The number of nitrogens with zero attached hydrogens (tertiary/aromatic N) is 6. The van der Waals surface area contributed by atoms with E-state index in [1.54, 1.807) is 48.9 Å². The SMILES string of the molecule is N#Cc1cccc(Oc2nccc(-c3cnn4ncccc34)n2)c1. The lowest BCUT2D eigenvalue weighted by molar-refractivity contribution is 0.442. The molecule has 0 bridgehead atoms. The van der Waals surface area contributed by atoms with Crippen molar-refractivity contribution in [1.82, 2.24) is 24.8 Å². The number of fused-ring (bicyclic) bond motifs is 1. The topological polar surface area (TPSA) is 89.0 Å². The first-order chi connectivity index (χ1) is 11.8. The summed E-state index contributed by atoms with van der Waals surface area (Å²) >= 11 is 0. The molecule has 114 valence electrons. The van der Waals surface area contributed by atoms with Gasteiger partial charge < -0.3 is 4.74 Å². The molecule has 0 aliphatic rings. The summed E-state index contributed by atoms with van der Waals surface area (Å²) < 4.78 is 7.19. The van der Waals surface area contributed by atoms with E-state index >= 15 is 0 Å². The number of rotatable bonds is 3. The van der Waals surface area contributed by atoms with Crippen LogP contribution in [0.2, 0.25) is 0 Å². The van der Waals surface area contributed by atoms with Crippen LogP contribution in [0.1, 0.15) is 5.56 Å². The van der Waals surface area contributed by atoms with E-state index in [0.29, 0.717) is 17.0 Å². The molecule has 24 heavy (non-hydrogen) atoms. The number of hydrogen-bond donors (Lipinski definition) is 0. The normalized spacial score (nSPS) is 10.5. The molecular weight excluding hydrogens is 304 g/mol. The zero-order valence-corrected chi connectivity index (χ0v) is 12.4. The molecule has 0 fully saturated rings. The van der Waals surface area contributed by atoms with Gasteiger partial charge in [0.1, 0.15) is 5.75 Å². The second-order valence-corrected chi connectivity index (χ2v) is 4.92. The van der Waals surface area contributed by atoms with Gasteiger partial charge in [0.05, 0.1) is 29.0 Å². The van der Waals surface area contributed by atoms with E-state index in [1.807, 2.05) is 12.1 Å². The van der Waals surface area contributed by atoms with Crippen molar-refractivity contribution in [3.8, 4) is 29.1 Å². The van der Waals surface area contributed by atoms with E-state index in [4.69, 9.17) is 10.00 Å². The Hall–Kier alpha value is -3.79. The average molecular weight is 314 g/mol. The van der Waals surface area contributed by atoms with E-state index in [-0.39, 0.29) is 6.01 Å². The Morgan fingerprint density at radius 1 is 1.04 bits per heavy atom. The minimum Gasteiger partial charge on any atom is -0.424 e. The Bertz CT molecular complexity index is 1070. The van der Waals surface area contributed by atoms with Crippen LogP contribution in [-0.4, -0.2) is 24.8 Å². The second-order valence-electron chi connectivity index (χ2n) is 4.92. The van der Waals surface area contributed by atoms with E-state index in [0.717, 1.165) is 11.1 Å². The third kappa shape index (κ3) is 2.53. The molecule has 0 aliphatic heterocycles. The van der Waals surface area contributed by atoms with Crippen molar-refractivity contribution >= 4 is 5.52 Å². The van der Waals surface area contributed by atoms with Crippen molar-refractivity contribution in [2.45, 2.75) is 0 Å². The number of ether oxygens (including phenoxy) is 1. The van der Waals surface area contributed by atoms with Crippen LogP contribution in [0.15, 0.2) is 61.1 Å². The summed E-state index contributed by atoms with van der Waals surface area (Å²) in [4.78, 5) is 8.54. The molecule has 0 amide bonds. The van der Waals surface area contributed by atoms with Gasteiger partial charge in [-0.3, -0.25) is 0 Å². The van der Waals surface area contributed by atoms with E-state index < -0.39 is 0 Å². The predicted molar refractivity (Wildman–Crippen MR) is 85.2 cm³/mol. The Balaban J connectivity index is 1.70. The van der Waals surface area contributed by atoms with Crippen molar-refractivity contribution in [2.75, 3.05) is 0 Å². The number of nitriles is 1. The van der Waals surface area contributed by atoms with Gasteiger partial charge in [0.25, 0.3) is 0 Å². The fourth-order valence-corrected chi connectivity index (χ4v) is 2.30. The number of aromatic nitrogens is 5. The molecule has 1 aromatic carbocycles. The Kier molecular flexibility index (Phi) is 3.33. The third-order valence-corrected chi connectivity index (χ3v) is 3.39. The molecule has 0 N–H and O–H groups in total. The molecule has 0 spiro atoms. The minimum atomic E-state index is 0.200. The maximum Gasteiger partial charge on any atom is 0.322 e. The van der Waals surface area contributed by atoms with Crippen LogP contribution in [0.25, 0.3) is 16.8 Å². The monoisotopic (exact) mass is 314 g/mol. The minimum absolute atomic E-state index is 0.200. The highest BCUT2D eigenvalue weighted by molar-refractivity contribution is 5.76. The van der Waals surface area contributed by atoms with Crippen molar-refractivity contribution in [3.63, 3.8) is 0 Å². The van der Waals surface area contributed by atoms with E-state index in [9.17, 15) is 0 Å². The van der Waals surface area contributed by atoms with Crippen LogP contribution < -0.4 is 4.74 Å². The molecule has 4 rings (SSSR count). The van der Waals surface area contributed by atoms with Gasteiger partial charge >= 0.3 is 6.01 Å². The first-order valence-electron chi connectivity index (χ1n) is 7.14. The summed E-state index contributed by atoms with van der Waals surface area (Å²) in [6.45, 7) is 0.